The van der Waals surface area contributed by atoms with Gasteiger partial charge < -0.3 is 14.9 Å². The molecule has 0 aliphatic carbocycles. The molecular weight excluding hydrogens is 473 g/mol. The lowest BCUT2D eigenvalue weighted by Gasteiger charge is -2.43. The molecule has 2 aromatic heterocycles. The van der Waals surface area contributed by atoms with Crippen LogP contribution in [0.25, 0.3) is 11.0 Å². The molecule has 0 aromatic carbocycles. The molecule has 2 atom stereocenters. The highest BCUT2D eigenvalue weighted by Gasteiger charge is 2.48. The van der Waals surface area contributed by atoms with Gasteiger partial charge in [-0.15, -0.1) is 0 Å². The average Bonchev–Trinajstić information content (AvgIpc) is 3.16. The first-order valence-corrected chi connectivity index (χ1v) is 12.7. The molecule has 1 radical (unpaired) electrons. The summed E-state index contributed by atoms with van der Waals surface area (Å²) in [5, 5.41) is 5.38. The molecule has 1 saturated heterocycles. The van der Waals surface area contributed by atoms with E-state index in [1.54, 1.807) is 4.68 Å². The SMILES string of the molecule is CC(C)[Si](OC1[CH]O[C@@H](n2nc(I)c3c(N)ncnc32)C1)(C(C)C)C(C)C. The molecule has 149 valence electrons. The minimum absolute atomic E-state index is 0.0371. The summed E-state index contributed by atoms with van der Waals surface area (Å²) in [6, 6.07) is 0. The Morgan fingerprint density at radius 3 is 2.41 bits per heavy atom. The van der Waals surface area contributed by atoms with Gasteiger partial charge in [0.2, 0.25) is 8.32 Å². The van der Waals surface area contributed by atoms with E-state index in [-0.39, 0.29) is 12.3 Å². The third-order valence-corrected chi connectivity index (χ3v) is 12.5. The molecule has 9 heteroatoms. The number of hydrogen-bond acceptors (Lipinski definition) is 6. The van der Waals surface area contributed by atoms with Crippen molar-refractivity contribution in [2.45, 2.75) is 76.9 Å². The average molecular weight is 502 g/mol. The number of aromatic nitrogens is 4. The Hall–Kier alpha value is -0.783. The topological polar surface area (TPSA) is 88.1 Å². The lowest BCUT2D eigenvalue weighted by Crippen LogP contribution is -2.50. The van der Waals surface area contributed by atoms with Crippen LogP contribution in [0.1, 0.15) is 54.2 Å². The lowest BCUT2D eigenvalue weighted by molar-refractivity contribution is 0.0826. The van der Waals surface area contributed by atoms with Gasteiger partial charge in [-0.2, -0.15) is 5.10 Å². The predicted octanol–water partition coefficient (Wildman–Crippen LogP) is 4.65. The first-order chi connectivity index (χ1) is 12.7. The van der Waals surface area contributed by atoms with Crippen LogP contribution in [0.3, 0.4) is 0 Å². The number of ether oxygens (including phenoxy) is 1. The van der Waals surface area contributed by atoms with Crippen molar-refractivity contribution < 1.29 is 9.16 Å². The molecule has 0 bridgehead atoms. The summed E-state index contributed by atoms with van der Waals surface area (Å²) in [6.07, 6.45) is 1.91. The molecule has 1 fully saturated rings. The summed E-state index contributed by atoms with van der Waals surface area (Å²) in [7, 11) is -1.97. The fraction of sp³-hybridized carbons (Fsp3) is 0.667. The Labute approximate surface area is 175 Å². The van der Waals surface area contributed by atoms with Gasteiger partial charge in [0, 0.05) is 6.42 Å². The molecule has 1 unspecified atom stereocenters. The smallest absolute Gasteiger partial charge is 0.200 e. The van der Waals surface area contributed by atoms with Crippen molar-refractivity contribution >= 4 is 47.8 Å². The molecule has 2 aromatic rings. The maximum atomic E-state index is 6.84. The molecule has 0 spiro atoms. The van der Waals surface area contributed by atoms with Gasteiger partial charge in [0.25, 0.3) is 0 Å². The molecule has 1 aliphatic rings. The number of nitrogens with zero attached hydrogens (tertiary/aromatic N) is 4. The Morgan fingerprint density at radius 1 is 1.19 bits per heavy atom. The molecule has 0 saturated carbocycles. The molecule has 2 N–H and O–H groups in total. The monoisotopic (exact) mass is 502 g/mol. The summed E-state index contributed by atoms with van der Waals surface area (Å²) in [5.41, 5.74) is 8.30. The van der Waals surface area contributed by atoms with Gasteiger partial charge >= 0.3 is 0 Å². The van der Waals surface area contributed by atoms with Crippen LogP contribution in [-0.2, 0) is 9.16 Å². The summed E-state index contributed by atoms with van der Waals surface area (Å²) in [5.74, 6) is 0.441. The number of nitrogen functional groups attached to an aromatic ring is 1. The van der Waals surface area contributed by atoms with E-state index in [9.17, 15) is 0 Å². The van der Waals surface area contributed by atoms with Crippen molar-refractivity contribution in [2.24, 2.45) is 0 Å². The summed E-state index contributed by atoms with van der Waals surface area (Å²) in [4.78, 5) is 8.44. The number of hydrogen-bond donors (Lipinski definition) is 1. The number of rotatable bonds is 6. The van der Waals surface area contributed by atoms with Crippen LogP contribution in [0.15, 0.2) is 6.33 Å². The summed E-state index contributed by atoms with van der Waals surface area (Å²) < 4.78 is 15.4. The summed E-state index contributed by atoms with van der Waals surface area (Å²) >= 11 is 2.16. The maximum absolute atomic E-state index is 6.84. The molecule has 3 rings (SSSR count). The highest BCUT2D eigenvalue weighted by molar-refractivity contribution is 14.1. The molecular formula is C18H29IN5O2Si. The van der Waals surface area contributed by atoms with Crippen LogP contribution in [0, 0.1) is 10.3 Å². The highest BCUT2D eigenvalue weighted by atomic mass is 127. The summed E-state index contributed by atoms with van der Waals surface area (Å²) in [6.45, 7) is 15.6. The number of fused-ring (bicyclic) bond motifs is 1. The minimum Gasteiger partial charge on any atom is -0.410 e. The zero-order chi connectivity index (χ0) is 19.9. The lowest BCUT2D eigenvalue weighted by atomic mass is 10.3. The van der Waals surface area contributed by atoms with Crippen molar-refractivity contribution in [3.63, 3.8) is 0 Å². The number of nitrogens with two attached hydrogens (primary N) is 1. The third kappa shape index (κ3) is 3.63. The Bertz CT molecular complexity index is 789. The second-order valence-corrected chi connectivity index (χ2v) is 14.6. The zero-order valence-electron chi connectivity index (χ0n) is 16.8. The van der Waals surface area contributed by atoms with Gasteiger partial charge in [-0.3, -0.25) is 0 Å². The normalized spacial score (nSPS) is 21.3. The minimum atomic E-state index is -1.97. The van der Waals surface area contributed by atoms with E-state index in [0.717, 1.165) is 15.5 Å². The predicted molar refractivity (Wildman–Crippen MR) is 117 cm³/mol. The van der Waals surface area contributed by atoms with Crippen LogP contribution in [0.5, 0.6) is 0 Å². The second kappa shape index (κ2) is 7.92. The quantitative estimate of drug-likeness (QED) is 0.457. The largest absolute Gasteiger partial charge is 0.410 e. The Balaban J connectivity index is 1.84. The van der Waals surface area contributed by atoms with E-state index < -0.39 is 8.32 Å². The second-order valence-electron chi connectivity index (χ2n) is 8.13. The third-order valence-electron chi connectivity index (χ3n) is 5.63. The number of anilines is 1. The van der Waals surface area contributed by atoms with Gasteiger partial charge in [0.1, 0.15) is 22.5 Å². The van der Waals surface area contributed by atoms with Crippen LogP contribution in [0.4, 0.5) is 5.82 Å². The van der Waals surface area contributed by atoms with Gasteiger partial charge in [-0.25, -0.2) is 14.6 Å². The van der Waals surface area contributed by atoms with E-state index in [1.165, 1.54) is 6.33 Å². The van der Waals surface area contributed by atoms with Crippen LogP contribution in [-0.4, -0.2) is 34.2 Å². The van der Waals surface area contributed by atoms with Crippen molar-refractivity contribution in [2.75, 3.05) is 5.73 Å². The molecule has 27 heavy (non-hydrogen) atoms. The van der Waals surface area contributed by atoms with Gasteiger partial charge in [0.05, 0.1) is 11.5 Å². The fourth-order valence-electron chi connectivity index (χ4n) is 4.55. The first kappa shape index (κ1) is 20.9. The standard InChI is InChI=1S/C18H29IN5O2Si/c1-10(2)27(11(3)4,12(5)6)26-13-7-14(25-8-13)24-18-15(16(19)23-24)17(20)21-9-22-18/h8-14H,7H2,1-6H3,(H2,20,21,22)/t13?,14-/m1/s1. The molecule has 7 nitrogen and oxygen atoms in total. The Morgan fingerprint density at radius 2 is 1.81 bits per heavy atom. The van der Waals surface area contributed by atoms with Gasteiger partial charge in [-0.05, 0) is 39.2 Å². The van der Waals surface area contributed by atoms with Gasteiger partial charge in [0.15, 0.2) is 11.9 Å². The molecule has 3 heterocycles. The maximum Gasteiger partial charge on any atom is 0.200 e. The van der Waals surface area contributed by atoms with E-state index >= 15 is 0 Å². The highest BCUT2D eigenvalue weighted by Crippen LogP contribution is 2.45. The fourth-order valence-corrected chi connectivity index (χ4v) is 10.8. The van der Waals surface area contributed by atoms with E-state index in [2.05, 4.69) is 79.2 Å². The van der Waals surface area contributed by atoms with Crippen LogP contribution in [0.2, 0.25) is 16.6 Å². The molecule has 0 amide bonds. The van der Waals surface area contributed by atoms with Crippen molar-refractivity contribution in [1.82, 2.24) is 19.7 Å². The molecule has 1 aliphatic heterocycles. The van der Waals surface area contributed by atoms with Crippen LogP contribution >= 0.6 is 22.6 Å². The van der Waals surface area contributed by atoms with Crippen LogP contribution < -0.4 is 5.73 Å². The first-order valence-electron chi connectivity index (χ1n) is 9.49. The van der Waals surface area contributed by atoms with E-state index in [1.807, 2.05) is 6.61 Å². The Kier molecular flexibility index (Phi) is 6.14. The zero-order valence-corrected chi connectivity index (χ0v) is 20.0. The van der Waals surface area contributed by atoms with Crippen molar-refractivity contribution in [1.29, 1.82) is 0 Å². The van der Waals surface area contributed by atoms with Gasteiger partial charge in [-0.1, -0.05) is 41.5 Å². The van der Waals surface area contributed by atoms with Crippen molar-refractivity contribution in [3.05, 3.63) is 16.6 Å². The van der Waals surface area contributed by atoms with Crippen molar-refractivity contribution in [3.8, 4) is 0 Å². The van der Waals surface area contributed by atoms with E-state index in [0.29, 0.717) is 28.1 Å². The van der Waals surface area contributed by atoms with E-state index in [4.69, 9.17) is 14.9 Å². The number of halogens is 1.